The Kier molecular flexibility index (Phi) is 4.79. The van der Waals surface area contributed by atoms with Gasteiger partial charge in [-0.15, -0.1) is 0 Å². The van der Waals surface area contributed by atoms with Crippen LogP contribution in [0, 0.1) is 0 Å². The van der Waals surface area contributed by atoms with Gasteiger partial charge in [0.2, 0.25) is 0 Å². The second kappa shape index (κ2) is 6.14. The fourth-order valence-electron chi connectivity index (χ4n) is 3.08. The number of hydrogen-bond acceptors (Lipinski definition) is 4. The van der Waals surface area contributed by atoms with Crippen LogP contribution < -0.4 is 5.32 Å². The van der Waals surface area contributed by atoms with Crippen molar-refractivity contribution in [3.63, 3.8) is 0 Å². The summed E-state index contributed by atoms with van der Waals surface area (Å²) in [6.07, 6.45) is 3.07. The van der Waals surface area contributed by atoms with Crippen LogP contribution in [0.15, 0.2) is 0 Å². The molecular formula is C13H26N2O2. The fourth-order valence-corrected chi connectivity index (χ4v) is 3.08. The quantitative estimate of drug-likeness (QED) is 0.796. The molecular weight excluding hydrogens is 216 g/mol. The van der Waals surface area contributed by atoms with Gasteiger partial charge in [-0.1, -0.05) is 0 Å². The van der Waals surface area contributed by atoms with E-state index < -0.39 is 0 Å². The van der Waals surface area contributed by atoms with E-state index in [0.717, 1.165) is 39.1 Å². The molecule has 0 saturated carbocycles. The second-order valence-electron chi connectivity index (χ2n) is 5.32. The number of piperidine rings is 1. The zero-order valence-corrected chi connectivity index (χ0v) is 11.3. The van der Waals surface area contributed by atoms with E-state index in [4.69, 9.17) is 9.47 Å². The molecule has 2 heterocycles. The maximum atomic E-state index is 5.86. The summed E-state index contributed by atoms with van der Waals surface area (Å²) in [6.45, 7) is 8.54. The smallest absolute Gasteiger partial charge is 0.0852 e. The Bertz CT molecular complexity index is 231. The third kappa shape index (κ3) is 3.19. The first-order valence-electron chi connectivity index (χ1n) is 6.83. The fraction of sp³-hybridized carbons (Fsp3) is 1.00. The zero-order valence-electron chi connectivity index (χ0n) is 11.3. The molecule has 0 aromatic carbocycles. The van der Waals surface area contributed by atoms with Crippen molar-refractivity contribution in [2.24, 2.45) is 0 Å². The lowest BCUT2D eigenvalue weighted by atomic mass is 9.97. The molecule has 0 spiro atoms. The monoisotopic (exact) mass is 242 g/mol. The molecule has 0 bridgehead atoms. The summed E-state index contributed by atoms with van der Waals surface area (Å²) in [4.78, 5) is 2.58. The van der Waals surface area contributed by atoms with Gasteiger partial charge in [-0.25, -0.2) is 0 Å². The minimum Gasteiger partial charge on any atom is -0.381 e. The highest BCUT2D eigenvalue weighted by Gasteiger charge is 2.33. The number of methoxy groups -OCH3 is 1. The Balaban J connectivity index is 1.88. The first-order chi connectivity index (χ1) is 8.22. The highest BCUT2D eigenvalue weighted by Crippen LogP contribution is 2.23. The van der Waals surface area contributed by atoms with Crippen LogP contribution in [0.5, 0.6) is 0 Å². The first kappa shape index (κ1) is 13.3. The molecule has 2 rings (SSSR count). The highest BCUT2D eigenvalue weighted by molar-refractivity contribution is 4.87. The van der Waals surface area contributed by atoms with Gasteiger partial charge >= 0.3 is 0 Å². The molecule has 2 aliphatic rings. The minimum atomic E-state index is 0.338. The third-order valence-corrected chi connectivity index (χ3v) is 4.23. The van der Waals surface area contributed by atoms with Crippen LogP contribution in [0.25, 0.3) is 0 Å². The molecule has 1 N–H and O–H groups in total. The predicted molar refractivity (Wildman–Crippen MR) is 68.3 cm³/mol. The lowest BCUT2D eigenvalue weighted by molar-refractivity contribution is -0.0615. The second-order valence-corrected chi connectivity index (χ2v) is 5.32. The van der Waals surface area contributed by atoms with Gasteiger partial charge in [-0.2, -0.15) is 0 Å². The van der Waals surface area contributed by atoms with Gasteiger partial charge in [-0.3, -0.25) is 4.90 Å². The maximum Gasteiger partial charge on any atom is 0.0852 e. The maximum absolute atomic E-state index is 5.86. The van der Waals surface area contributed by atoms with Gasteiger partial charge in [0.05, 0.1) is 18.8 Å². The molecule has 4 unspecified atom stereocenters. The number of likely N-dealkylation sites (tertiary alicyclic amines) is 1. The summed E-state index contributed by atoms with van der Waals surface area (Å²) in [7, 11) is 1.82. The molecule has 0 amide bonds. The van der Waals surface area contributed by atoms with Crippen molar-refractivity contribution in [3.05, 3.63) is 0 Å². The van der Waals surface area contributed by atoms with Crippen LogP contribution in [0.2, 0.25) is 0 Å². The van der Waals surface area contributed by atoms with Gasteiger partial charge in [0, 0.05) is 38.8 Å². The summed E-state index contributed by atoms with van der Waals surface area (Å²) in [5, 5.41) is 3.41. The summed E-state index contributed by atoms with van der Waals surface area (Å²) >= 11 is 0. The molecule has 0 radical (unpaired) electrons. The van der Waals surface area contributed by atoms with Gasteiger partial charge in [0.1, 0.15) is 0 Å². The molecule has 4 heteroatoms. The normalized spacial score (nSPS) is 37.9. The standard InChI is InChI=1S/C13H26N2O2/c1-10-8-12(16-3)4-6-15(10)11(2)13-9-14-5-7-17-13/h10-14H,4-9H2,1-3H3. The number of hydrogen-bond donors (Lipinski definition) is 1. The van der Waals surface area contributed by atoms with E-state index in [1.807, 2.05) is 7.11 Å². The van der Waals surface area contributed by atoms with Crippen molar-refractivity contribution in [1.82, 2.24) is 10.2 Å². The number of rotatable bonds is 3. The van der Waals surface area contributed by atoms with Crippen LogP contribution in [0.1, 0.15) is 26.7 Å². The number of nitrogens with zero attached hydrogens (tertiary/aromatic N) is 1. The van der Waals surface area contributed by atoms with Crippen LogP contribution >= 0.6 is 0 Å². The minimum absolute atomic E-state index is 0.338. The summed E-state index contributed by atoms with van der Waals surface area (Å²) in [6, 6.07) is 1.09. The molecule has 0 aromatic heterocycles. The van der Waals surface area contributed by atoms with Crippen LogP contribution in [-0.4, -0.2) is 62.5 Å². The Morgan fingerprint density at radius 1 is 1.47 bits per heavy atom. The number of ether oxygens (including phenoxy) is 2. The van der Waals surface area contributed by atoms with E-state index in [1.54, 1.807) is 0 Å². The average Bonchev–Trinajstić information content (AvgIpc) is 2.39. The molecule has 4 atom stereocenters. The first-order valence-corrected chi connectivity index (χ1v) is 6.83. The molecule has 0 aliphatic carbocycles. The predicted octanol–water partition coefficient (Wildman–Crippen LogP) is 0.863. The number of nitrogens with one attached hydrogen (secondary N) is 1. The topological polar surface area (TPSA) is 33.7 Å². The third-order valence-electron chi connectivity index (χ3n) is 4.23. The van der Waals surface area contributed by atoms with Crippen molar-refractivity contribution in [2.75, 3.05) is 33.4 Å². The molecule has 100 valence electrons. The zero-order chi connectivity index (χ0) is 12.3. The summed E-state index contributed by atoms with van der Waals surface area (Å²) in [5.74, 6) is 0. The molecule has 2 aliphatic heterocycles. The Labute approximate surface area is 105 Å². The molecule has 2 fully saturated rings. The van der Waals surface area contributed by atoms with E-state index in [0.29, 0.717) is 24.3 Å². The molecule has 4 nitrogen and oxygen atoms in total. The van der Waals surface area contributed by atoms with E-state index in [9.17, 15) is 0 Å². The van der Waals surface area contributed by atoms with Gasteiger partial charge in [0.25, 0.3) is 0 Å². The lowest BCUT2D eigenvalue weighted by Gasteiger charge is -2.44. The average molecular weight is 242 g/mol. The molecule has 17 heavy (non-hydrogen) atoms. The van der Waals surface area contributed by atoms with E-state index in [-0.39, 0.29) is 0 Å². The molecule has 2 saturated heterocycles. The van der Waals surface area contributed by atoms with Crippen molar-refractivity contribution in [2.45, 2.75) is 51.0 Å². The van der Waals surface area contributed by atoms with E-state index in [1.165, 1.54) is 0 Å². The number of morpholine rings is 1. The lowest BCUT2D eigenvalue weighted by Crippen LogP contribution is -2.56. The Morgan fingerprint density at radius 2 is 2.29 bits per heavy atom. The highest BCUT2D eigenvalue weighted by atomic mass is 16.5. The van der Waals surface area contributed by atoms with Crippen LogP contribution in [0.4, 0.5) is 0 Å². The van der Waals surface area contributed by atoms with Gasteiger partial charge in [0.15, 0.2) is 0 Å². The Morgan fingerprint density at radius 3 is 2.88 bits per heavy atom. The summed E-state index contributed by atoms with van der Waals surface area (Å²) in [5.41, 5.74) is 0. The Hall–Kier alpha value is -0.160. The summed E-state index contributed by atoms with van der Waals surface area (Å²) < 4.78 is 11.3. The van der Waals surface area contributed by atoms with E-state index >= 15 is 0 Å². The van der Waals surface area contributed by atoms with Crippen molar-refractivity contribution < 1.29 is 9.47 Å². The largest absolute Gasteiger partial charge is 0.381 e. The van der Waals surface area contributed by atoms with Crippen LogP contribution in [-0.2, 0) is 9.47 Å². The van der Waals surface area contributed by atoms with Crippen molar-refractivity contribution in [1.29, 1.82) is 0 Å². The van der Waals surface area contributed by atoms with Gasteiger partial charge in [-0.05, 0) is 26.7 Å². The van der Waals surface area contributed by atoms with Crippen LogP contribution in [0.3, 0.4) is 0 Å². The van der Waals surface area contributed by atoms with E-state index in [2.05, 4.69) is 24.1 Å². The SMILES string of the molecule is COC1CCN(C(C)C2CNCCO2)C(C)C1. The van der Waals surface area contributed by atoms with Crippen molar-refractivity contribution >= 4 is 0 Å². The molecule has 0 aromatic rings. The van der Waals surface area contributed by atoms with Crippen molar-refractivity contribution in [3.8, 4) is 0 Å². The van der Waals surface area contributed by atoms with Gasteiger partial charge < -0.3 is 14.8 Å².